The molecule has 30 heavy (non-hydrogen) atoms. The SMILES string of the molecule is Cc1nccc2c1c(=O)n(C)c1cc(ON(C(=O)O)C(C)CC(C)C)c(CO)cc21. The highest BCUT2D eigenvalue weighted by atomic mass is 16.7. The number of carboxylic acid groups (broad SMARTS) is 1. The largest absolute Gasteiger partial charge is 0.463 e. The zero-order valence-electron chi connectivity index (χ0n) is 17.8. The molecule has 0 radical (unpaired) electrons. The van der Waals surface area contributed by atoms with E-state index in [0.29, 0.717) is 28.6 Å². The maximum atomic E-state index is 12.9. The number of aliphatic hydroxyl groups is 1. The predicted octanol–water partition coefficient (Wildman–Crippen LogP) is 3.60. The summed E-state index contributed by atoms with van der Waals surface area (Å²) in [5.41, 5.74) is 1.43. The van der Waals surface area contributed by atoms with E-state index in [2.05, 4.69) is 4.98 Å². The van der Waals surface area contributed by atoms with Gasteiger partial charge in [-0.05, 0) is 43.7 Å². The van der Waals surface area contributed by atoms with Crippen molar-refractivity contribution in [3.05, 3.63) is 46.0 Å². The van der Waals surface area contributed by atoms with Crippen LogP contribution in [0.1, 0.15) is 38.4 Å². The summed E-state index contributed by atoms with van der Waals surface area (Å²) in [4.78, 5) is 34.7. The molecule has 3 rings (SSSR count). The molecule has 0 saturated carbocycles. The van der Waals surface area contributed by atoms with E-state index >= 15 is 0 Å². The molecule has 1 atom stereocenters. The van der Waals surface area contributed by atoms with E-state index in [1.165, 1.54) is 4.57 Å². The Morgan fingerprint density at radius 1 is 1.27 bits per heavy atom. The molecule has 0 fully saturated rings. The van der Waals surface area contributed by atoms with Gasteiger partial charge in [0.25, 0.3) is 5.56 Å². The number of rotatable bonds is 6. The number of fused-ring (bicyclic) bond motifs is 3. The average Bonchev–Trinajstić information content (AvgIpc) is 2.68. The molecule has 2 N–H and O–H groups in total. The van der Waals surface area contributed by atoms with Crippen molar-refractivity contribution < 1.29 is 19.8 Å². The van der Waals surface area contributed by atoms with E-state index in [-0.39, 0.29) is 29.9 Å². The second kappa shape index (κ2) is 8.31. The number of pyridine rings is 2. The van der Waals surface area contributed by atoms with Crippen LogP contribution >= 0.6 is 0 Å². The number of aromatic nitrogens is 2. The van der Waals surface area contributed by atoms with Crippen LogP contribution in [0.3, 0.4) is 0 Å². The molecular weight excluding hydrogens is 386 g/mol. The minimum Gasteiger partial charge on any atom is -0.463 e. The van der Waals surface area contributed by atoms with Crippen LogP contribution in [0.25, 0.3) is 21.7 Å². The fourth-order valence-electron chi connectivity index (χ4n) is 3.86. The van der Waals surface area contributed by atoms with E-state index in [0.717, 1.165) is 15.8 Å². The van der Waals surface area contributed by atoms with E-state index in [9.17, 15) is 19.8 Å². The first-order chi connectivity index (χ1) is 14.1. The number of hydrogen-bond donors (Lipinski definition) is 2. The van der Waals surface area contributed by atoms with Crippen LogP contribution in [0.4, 0.5) is 4.79 Å². The van der Waals surface area contributed by atoms with Gasteiger partial charge in [-0.3, -0.25) is 9.78 Å². The lowest BCUT2D eigenvalue weighted by atomic mass is 10.0. The van der Waals surface area contributed by atoms with Crippen molar-refractivity contribution in [2.24, 2.45) is 13.0 Å². The third kappa shape index (κ3) is 3.82. The zero-order valence-corrected chi connectivity index (χ0v) is 17.8. The van der Waals surface area contributed by atoms with Gasteiger partial charge in [0.15, 0.2) is 5.75 Å². The van der Waals surface area contributed by atoms with E-state index in [1.807, 2.05) is 13.8 Å². The summed E-state index contributed by atoms with van der Waals surface area (Å²) in [6.07, 6.45) is 1.03. The lowest BCUT2D eigenvalue weighted by Gasteiger charge is -2.28. The van der Waals surface area contributed by atoms with Gasteiger partial charge in [-0.2, -0.15) is 0 Å². The number of amides is 1. The maximum absolute atomic E-state index is 12.9. The van der Waals surface area contributed by atoms with Gasteiger partial charge < -0.3 is 19.6 Å². The second-order valence-electron chi connectivity index (χ2n) is 8.00. The molecule has 0 spiro atoms. The van der Waals surface area contributed by atoms with Gasteiger partial charge in [0.05, 0.1) is 29.2 Å². The van der Waals surface area contributed by atoms with Gasteiger partial charge in [0.1, 0.15) is 0 Å². The Labute approximate surface area is 174 Å². The third-order valence-corrected chi connectivity index (χ3v) is 5.26. The van der Waals surface area contributed by atoms with Gasteiger partial charge in [-0.25, -0.2) is 4.79 Å². The van der Waals surface area contributed by atoms with Crippen LogP contribution in [0.15, 0.2) is 29.2 Å². The van der Waals surface area contributed by atoms with Crippen molar-refractivity contribution in [3.8, 4) is 5.75 Å². The first kappa shape index (κ1) is 21.6. The van der Waals surface area contributed by atoms with E-state index in [4.69, 9.17) is 4.84 Å². The fourth-order valence-corrected chi connectivity index (χ4v) is 3.86. The van der Waals surface area contributed by atoms with Crippen LogP contribution in [0.5, 0.6) is 5.75 Å². The van der Waals surface area contributed by atoms with Gasteiger partial charge in [-0.1, -0.05) is 13.8 Å². The summed E-state index contributed by atoms with van der Waals surface area (Å²) in [5.74, 6) is 0.478. The van der Waals surface area contributed by atoms with Crippen molar-refractivity contribution in [2.75, 3.05) is 0 Å². The number of aryl methyl sites for hydroxylation is 2. The third-order valence-electron chi connectivity index (χ3n) is 5.26. The molecule has 8 nitrogen and oxygen atoms in total. The summed E-state index contributed by atoms with van der Waals surface area (Å²) < 4.78 is 1.49. The smallest absolute Gasteiger partial charge is 0.440 e. The molecule has 1 unspecified atom stereocenters. The first-order valence-electron chi connectivity index (χ1n) is 9.87. The molecule has 1 amide bonds. The highest BCUT2D eigenvalue weighted by Crippen LogP contribution is 2.31. The molecule has 0 aliphatic rings. The average molecular weight is 413 g/mol. The normalized spacial score (nSPS) is 12.5. The second-order valence-corrected chi connectivity index (χ2v) is 8.00. The van der Waals surface area contributed by atoms with Crippen LogP contribution in [-0.4, -0.2) is 37.0 Å². The summed E-state index contributed by atoms with van der Waals surface area (Å²) in [5, 5.41) is 22.5. The van der Waals surface area contributed by atoms with Crippen LogP contribution in [-0.2, 0) is 13.7 Å². The number of benzene rings is 1. The Bertz CT molecular complexity index is 1170. The lowest BCUT2D eigenvalue weighted by Crippen LogP contribution is -2.41. The summed E-state index contributed by atoms with van der Waals surface area (Å²) in [6, 6.07) is 4.72. The van der Waals surface area contributed by atoms with E-state index < -0.39 is 6.09 Å². The van der Waals surface area contributed by atoms with Crippen LogP contribution < -0.4 is 10.4 Å². The topological polar surface area (TPSA) is 105 Å². The maximum Gasteiger partial charge on any atom is 0.440 e. The van der Waals surface area contributed by atoms with E-state index in [1.54, 1.807) is 45.3 Å². The van der Waals surface area contributed by atoms with Gasteiger partial charge in [-0.15, -0.1) is 5.06 Å². The number of nitrogens with zero attached hydrogens (tertiary/aromatic N) is 3. The highest BCUT2D eigenvalue weighted by molar-refractivity contribution is 6.06. The number of carbonyl (C=O) groups is 1. The molecule has 0 saturated heterocycles. The minimum atomic E-state index is -1.22. The Morgan fingerprint density at radius 3 is 2.57 bits per heavy atom. The molecule has 0 bridgehead atoms. The Balaban J connectivity index is 2.21. The molecule has 0 aliphatic heterocycles. The molecule has 2 aromatic heterocycles. The Hall–Kier alpha value is -3.13. The lowest BCUT2D eigenvalue weighted by molar-refractivity contribution is -0.0693. The number of hydrogen-bond acceptors (Lipinski definition) is 5. The molecule has 2 heterocycles. The molecule has 3 aromatic rings. The summed E-state index contributed by atoms with van der Waals surface area (Å²) in [6.45, 7) is 7.21. The molecule has 1 aromatic carbocycles. The fraction of sp³-hybridized carbons (Fsp3) is 0.409. The number of aliphatic hydroxyl groups excluding tert-OH is 1. The molecular formula is C22H27N3O5. The Morgan fingerprint density at radius 2 is 1.97 bits per heavy atom. The van der Waals surface area contributed by atoms with Crippen LogP contribution in [0.2, 0.25) is 0 Å². The van der Waals surface area contributed by atoms with Crippen molar-refractivity contribution in [3.63, 3.8) is 0 Å². The van der Waals surface area contributed by atoms with Crippen molar-refractivity contribution in [2.45, 2.75) is 46.8 Å². The quantitative estimate of drug-likeness (QED) is 0.473. The first-order valence-corrected chi connectivity index (χ1v) is 9.87. The van der Waals surface area contributed by atoms with Gasteiger partial charge in [0, 0.05) is 30.3 Å². The zero-order chi connectivity index (χ0) is 22.2. The van der Waals surface area contributed by atoms with Gasteiger partial charge in [0.2, 0.25) is 0 Å². The standard InChI is InChI=1S/C22H27N3O5/c1-12(2)8-13(3)25(22(28)29)30-19-10-18-17(9-15(19)11-26)16-6-7-23-14(4)20(16)21(27)24(18)5/h6-7,9-10,12-13,26H,8,11H2,1-5H3,(H,28,29). The van der Waals surface area contributed by atoms with Crippen LogP contribution in [0, 0.1) is 12.8 Å². The van der Waals surface area contributed by atoms with Crippen molar-refractivity contribution in [1.29, 1.82) is 0 Å². The van der Waals surface area contributed by atoms with Gasteiger partial charge >= 0.3 is 6.09 Å². The highest BCUT2D eigenvalue weighted by Gasteiger charge is 2.24. The summed E-state index contributed by atoms with van der Waals surface area (Å²) >= 11 is 0. The predicted molar refractivity (Wildman–Crippen MR) is 115 cm³/mol. The molecule has 160 valence electrons. The van der Waals surface area contributed by atoms with Crippen molar-refractivity contribution >= 4 is 27.8 Å². The van der Waals surface area contributed by atoms with Crippen molar-refractivity contribution in [1.82, 2.24) is 14.6 Å². The molecule has 8 heteroatoms. The summed E-state index contributed by atoms with van der Waals surface area (Å²) in [7, 11) is 1.65. The Kier molecular flexibility index (Phi) is 5.98. The monoisotopic (exact) mass is 413 g/mol. The number of hydroxylamine groups is 2. The minimum absolute atomic E-state index is 0.197. The molecule has 0 aliphatic carbocycles.